The Labute approximate surface area is 111 Å². The van der Waals surface area contributed by atoms with Crippen LogP contribution in [0.4, 0.5) is 0 Å². The van der Waals surface area contributed by atoms with Crippen LogP contribution in [0.1, 0.15) is 35.1 Å². The lowest BCUT2D eigenvalue weighted by molar-refractivity contribution is 0.111. The van der Waals surface area contributed by atoms with E-state index in [0.29, 0.717) is 10.7 Å². The number of aryl methyl sites for hydroxylation is 1. The van der Waals surface area contributed by atoms with Crippen LogP contribution < -0.4 is 0 Å². The lowest BCUT2D eigenvalue weighted by Gasteiger charge is -2.09. The number of hydrogen-bond acceptors (Lipinski definition) is 3. The molecule has 0 fully saturated rings. The van der Waals surface area contributed by atoms with Gasteiger partial charge in [0, 0.05) is 5.02 Å². The van der Waals surface area contributed by atoms with Gasteiger partial charge < -0.3 is 0 Å². The normalized spacial score (nSPS) is 10.6. The van der Waals surface area contributed by atoms with E-state index in [1.807, 2.05) is 25.1 Å². The van der Waals surface area contributed by atoms with Crippen molar-refractivity contribution in [3.05, 3.63) is 40.2 Å². The van der Waals surface area contributed by atoms with Crippen LogP contribution in [0.15, 0.2) is 18.2 Å². The van der Waals surface area contributed by atoms with E-state index in [4.69, 9.17) is 11.6 Å². The highest BCUT2D eigenvalue weighted by Gasteiger charge is 2.14. The van der Waals surface area contributed by atoms with Gasteiger partial charge in [0.1, 0.15) is 5.69 Å². The Bertz CT molecular complexity index is 578. The number of benzene rings is 1. The topological polar surface area (TPSA) is 47.8 Å². The predicted octanol–water partition coefficient (Wildman–Crippen LogP) is 2.99. The van der Waals surface area contributed by atoms with E-state index < -0.39 is 0 Å². The van der Waals surface area contributed by atoms with Gasteiger partial charge in [-0.25, -0.2) is 4.68 Å². The summed E-state index contributed by atoms with van der Waals surface area (Å²) in [6, 6.07) is 5.57. The Morgan fingerprint density at radius 1 is 1.44 bits per heavy atom. The van der Waals surface area contributed by atoms with Crippen molar-refractivity contribution in [1.82, 2.24) is 15.0 Å². The first-order valence-electron chi connectivity index (χ1n) is 5.83. The fraction of sp³-hybridized carbons (Fsp3) is 0.308. The lowest BCUT2D eigenvalue weighted by Crippen LogP contribution is -2.05. The second kappa shape index (κ2) is 5.31. The first-order valence-corrected chi connectivity index (χ1v) is 6.21. The maximum Gasteiger partial charge on any atom is 0.172 e. The third-order valence-electron chi connectivity index (χ3n) is 2.78. The summed E-state index contributed by atoms with van der Waals surface area (Å²) in [7, 11) is 0. The molecule has 0 spiro atoms. The van der Waals surface area contributed by atoms with Gasteiger partial charge in [0.2, 0.25) is 0 Å². The van der Waals surface area contributed by atoms with Crippen LogP contribution in [-0.2, 0) is 6.42 Å². The molecule has 0 N–H and O–H groups in total. The molecule has 0 aliphatic carbocycles. The number of carbonyl (C=O) groups is 1. The minimum atomic E-state index is 0.409. The molecule has 0 aliphatic heterocycles. The fourth-order valence-corrected chi connectivity index (χ4v) is 2.15. The molecule has 2 aromatic rings. The predicted molar refractivity (Wildman–Crippen MR) is 70.5 cm³/mol. The summed E-state index contributed by atoms with van der Waals surface area (Å²) in [6.45, 7) is 4.01. The van der Waals surface area contributed by atoms with Gasteiger partial charge in [-0.15, -0.1) is 5.10 Å². The van der Waals surface area contributed by atoms with Crippen molar-refractivity contribution < 1.29 is 4.79 Å². The van der Waals surface area contributed by atoms with Crippen molar-refractivity contribution in [2.45, 2.75) is 26.7 Å². The van der Waals surface area contributed by atoms with Gasteiger partial charge >= 0.3 is 0 Å². The fourth-order valence-electron chi connectivity index (χ4n) is 1.93. The summed E-state index contributed by atoms with van der Waals surface area (Å²) in [5.74, 6) is 0. The molecule has 0 amide bonds. The third-order valence-corrected chi connectivity index (χ3v) is 3.01. The first kappa shape index (κ1) is 12.8. The van der Waals surface area contributed by atoms with Crippen LogP contribution in [0.5, 0.6) is 0 Å². The number of rotatable bonds is 4. The number of halogens is 1. The molecule has 0 saturated carbocycles. The molecule has 5 heteroatoms. The number of carbonyl (C=O) groups excluding carboxylic acids is 1. The third kappa shape index (κ3) is 2.29. The van der Waals surface area contributed by atoms with E-state index in [1.54, 1.807) is 4.68 Å². The summed E-state index contributed by atoms with van der Waals surface area (Å²) in [4.78, 5) is 10.9. The second-order valence-corrected chi connectivity index (χ2v) is 4.57. The highest BCUT2D eigenvalue weighted by atomic mass is 35.5. The molecule has 4 nitrogen and oxygen atoms in total. The molecule has 18 heavy (non-hydrogen) atoms. The van der Waals surface area contributed by atoms with Crippen LogP contribution in [0, 0.1) is 6.92 Å². The van der Waals surface area contributed by atoms with Gasteiger partial charge in [0.15, 0.2) is 6.29 Å². The molecular formula is C13H14ClN3O. The van der Waals surface area contributed by atoms with E-state index >= 15 is 0 Å². The van der Waals surface area contributed by atoms with Crippen molar-refractivity contribution >= 4 is 17.9 Å². The van der Waals surface area contributed by atoms with E-state index in [2.05, 4.69) is 17.2 Å². The number of hydrogen-bond donors (Lipinski definition) is 0. The smallest absolute Gasteiger partial charge is 0.172 e. The van der Waals surface area contributed by atoms with E-state index in [0.717, 1.165) is 36.1 Å². The molecule has 2 rings (SSSR count). The SMILES string of the molecule is CCCc1c(C=O)nnn1-c1ccc(Cl)cc1C. The standard InChI is InChI=1S/C13H14ClN3O/c1-3-4-13-11(8-18)15-16-17(13)12-6-5-10(14)7-9(12)2/h5-8H,3-4H2,1-2H3. The van der Waals surface area contributed by atoms with Gasteiger partial charge in [-0.2, -0.15) is 0 Å². The zero-order chi connectivity index (χ0) is 13.1. The van der Waals surface area contributed by atoms with Crippen LogP contribution in [0.2, 0.25) is 5.02 Å². The van der Waals surface area contributed by atoms with Gasteiger partial charge in [-0.05, 0) is 37.1 Å². The van der Waals surface area contributed by atoms with Crippen molar-refractivity contribution in [2.24, 2.45) is 0 Å². The average molecular weight is 264 g/mol. The summed E-state index contributed by atoms with van der Waals surface area (Å²) in [5, 5.41) is 8.65. The van der Waals surface area contributed by atoms with Crippen molar-refractivity contribution in [3.8, 4) is 5.69 Å². The van der Waals surface area contributed by atoms with Gasteiger partial charge in [-0.1, -0.05) is 30.2 Å². The Morgan fingerprint density at radius 3 is 2.83 bits per heavy atom. The molecule has 0 radical (unpaired) electrons. The zero-order valence-electron chi connectivity index (χ0n) is 10.4. The molecule has 1 aromatic carbocycles. The maximum absolute atomic E-state index is 10.9. The largest absolute Gasteiger partial charge is 0.296 e. The summed E-state index contributed by atoms with van der Waals surface area (Å²) in [5.41, 5.74) is 3.16. The molecule has 0 bridgehead atoms. The van der Waals surface area contributed by atoms with Crippen LogP contribution in [0.3, 0.4) is 0 Å². The van der Waals surface area contributed by atoms with E-state index in [1.165, 1.54) is 0 Å². The minimum Gasteiger partial charge on any atom is -0.296 e. The van der Waals surface area contributed by atoms with E-state index in [9.17, 15) is 4.79 Å². The number of nitrogens with zero attached hydrogens (tertiary/aromatic N) is 3. The number of aldehydes is 1. The van der Waals surface area contributed by atoms with Crippen molar-refractivity contribution in [3.63, 3.8) is 0 Å². The molecule has 0 unspecified atom stereocenters. The molecule has 1 aromatic heterocycles. The Hall–Kier alpha value is -1.68. The van der Waals surface area contributed by atoms with Crippen LogP contribution in [0.25, 0.3) is 5.69 Å². The molecular weight excluding hydrogens is 250 g/mol. The molecule has 0 atom stereocenters. The zero-order valence-corrected chi connectivity index (χ0v) is 11.1. The second-order valence-electron chi connectivity index (χ2n) is 4.13. The van der Waals surface area contributed by atoms with Crippen molar-refractivity contribution in [2.75, 3.05) is 0 Å². The molecule has 94 valence electrons. The minimum absolute atomic E-state index is 0.409. The van der Waals surface area contributed by atoms with Gasteiger partial charge in [0.05, 0.1) is 11.4 Å². The van der Waals surface area contributed by atoms with Crippen LogP contribution in [-0.4, -0.2) is 21.3 Å². The molecule has 1 heterocycles. The lowest BCUT2D eigenvalue weighted by atomic mass is 10.1. The maximum atomic E-state index is 10.9. The van der Waals surface area contributed by atoms with Gasteiger partial charge in [0.25, 0.3) is 0 Å². The van der Waals surface area contributed by atoms with Gasteiger partial charge in [-0.3, -0.25) is 4.79 Å². The van der Waals surface area contributed by atoms with Crippen LogP contribution >= 0.6 is 11.6 Å². The quantitative estimate of drug-likeness (QED) is 0.797. The number of aromatic nitrogens is 3. The molecule has 0 aliphatic rings. The monoisotopic (exact) mass is 263 g/mol. The Balaban J connectivity index is 2.56. The Morgan fingerprint density at radius 2 is 2.22 bits per heavy atom. The van der Waals surface area contributed by atoms with E-state index in [-0.39, 0.29) is 0 Å². The summed E-state index contributed by atoms with van der Waals surface area (Å²) in [6.07, 6.45) is 2.45. The average Bonchev–Trinajstić information content (AvgIpc) is 2.73. The van der Waals surface area contributed by atoms with Crippen molar-refractivity contribution in [1.29, 1.82) is 0 Å². The Kier molecular flexibility index (Phi) is 3.77. The summed E-state index contributed by atoms with van der Waals surface area (Å²) >= 11 is 5.94. The first-order chi connectivity index (χ1) is 8.67. The highest BCUT2D eigenvalue weighted by molar-refractivity contribution is 6.30. The molecule has 0 saturated heterocycles. The summed E-state index contributed by atoms with van der Waals surface area (Å²) < 4.78 is 1.72. The highest BCUT2D eigenvalue weighted by Crippen LogP contribution is 2.21.